The molecule has 2 heterocycles. The summed E-state index contributed by atoms with van der Waals surface area (Å²) < 4.78 is 2.02. The standard InChI is InChI=1S/C25H28N4O2/c1-15(2)10-19(13-18-8-6-5-7-9-18)14-29-21-12-17(4)16(3)11-20(21)26-22-23(29)27-25(31)28-24(22)30/h5-9,11-12,15,19H,10,13-14H2,1-4H3,(H,28,30,31). The van der Waals surface area contributed by atoms with Gasteiger partial charge >= 0.3 is 5.69 Å². The van der Waals surface area contributed by atoms with Crippen LogP contribution in [0.3, 0.4) is 0 Å². The van der Waals surface area contributed by atoms with Gasteiger partial charge in [-0.2, -0.15) is 4.98 Å². The first-order valence-corrected chi connectivity index (χ1v) is 10.8. The van der Waals surface area contributed by atoms with Crippen molar-refractivity contribution in [3.63, 3.8) is 0 Å². The van der Waals surface area contributed by atoms with Crippen LogP contribution >= 0.6 is 0 Å². The van der Waals surface area contributed by atoms with Gasteiger partial charge in [-0.1, -0.05) is 44.2 Å². The van der Waals surface area contributed by atoms with Crippen LogP contribution in [0.15, 0.2) is 52.1 Å². The Morgan fingerprint density at radius 1 is 1.00 bits per heavy atom. The fourth-order valence-electron chi connectivity index (χ4n) is 4.33. The zero-order chi connectivity index (χ0) is 22.1. The first kappa shape index (κ1) is 21.0. The molecule has 4 rings (SSSR count). The molecule has 0 amide bonds. The highest BCUT2D eigenvalue weighted by atomic mass is 16.2. The Bertz CT molecular complexity index is 1310. The van der Waals surface area contributed by atoms with E-state index in [4.69, 9.17) is 0 Å². The normalized spacial score (nSPS) is 12.7. The number of H-pyrrole nitrogens is 1. The average molecular weight is 417 g/mol. The van der Waals surface area contributed by atoms with Gasteiger partial charge in [-0.25, -0.2) is 9.78 Å². The van der Waals surface area contributed by atoms with E-state index in [0.717, 1.165) is 35.0 Å². The highest BCUT2D eigenvalue weighted by Gasteiger charge is 2.22. The number of aryl methyl sites for hydroxylation is 2. The molecular weight excluding hydrogens is 388 g/mol. The molecule has 2 aliphatic rings. The maximum absolute atomic E-state index is 12.5. The van der Waals surface area contributed by atoms with Crippen molar-refractivity contribution in [2.24, 2.45) is 11.8 Å². The molecule has 0 spiro atoms. The van der Waals surface area contributed by atoms with Gasteiger partial charge in [0.2, 0.25) is 0 Å². The van der Waals surface area contributed by atoms with Crippen LogP contribution in [0.4, 0.5) is 0 Å². The van der Waals surface area contributed by atoms with Crippen LogP contribution in [0.25, 0.3) is 22.6 Å². The molecule has 0 fully saturated rings. The second-order valence-corrected chi connectivity index (χ2v) is 8.88. The first-order chi connectivity index (χ1) is 14.8. The van der Waals surface area contributed by atoms with E-state index >= 15 is 0 Å². The van der Waals surface area contributed by atoms with E-state index in [1.54, 1.807) is 0 Å². The van der Waals surface area contributed by atoms with Crippen LogP contribution in [0.5, 0.6) is 0 Å². The Morgan fingerprint density at radius 3 is 2.42 bits per heavy atom. The van der Waals surface area contributed by atoms with Crippen LogP contribution < -0.4 is 11.2 Å². The predicted molar refractivity (Wildman–Crippen MR) is 124 cm³/mol. The largest absolute Gasteiger partial charge is 0.349 e. The molecule has 2 aromatic carbocycles. The Labute approximate surface area is 181 Å². The maximum Gasteiger partial charge on any atom is 0.349 e. The molecule has 0 aliphatic carbocycles. The third-order valence-electron chi connectivity index (χ3n) is 5.84. The number of rotatable bonds is 6. The number of hydrogen-bond donors (Lipinski definition) is 1. The molecule has 2 aliphatic heterocycles. The van der Waals surface area contributed by atoms with E-state index in [1.165, 1.54) is 5.56 Å². The van der Waals surface area contributed by atoms with E-state index in [2.05, 4.69) is 66.1 Å². The van der Waals surface area contributed by atoms with Gasteiger partial charge in [0.1, 0.15) is 0 Å². The van der Waals surface area contributed by atoms with Gasteiger partial charge in [0.05, 0.1) is 11.0 Å². The van der Waals surface area contributed by atoms with Crippen LogP contribution in [0.1, 0.15) is 37.0 Å². The molecule has 6 nitrogen and oxygen atoms in total. The zero-order valence-electron chi connectivity index (χ0n) is 18.5. The predicted octanol–water partition coefficient (Wildman–Crippen LogP) is 4.11. The summed E-state index contributed by atoms with van der Waals surface area (Å²) in [6.07, 6.45) is 1.93. The molecule has 0 saturated heterocycles. The van der Waals surface area contributed by atoms with Gasteiger partial charge in [-0.05, 0) is 67.3 Å². The summed E-state index contributed by atoms with van der Waals surface area (Å²) in [5.41, 5.74) is 4.24. The number of aromatic amines is 1. The Morgan fingerprint density at radius 2 is 1.71 bits per heavy atom. The molecule has 0 radical (unpaired) electrons. The van der Waals surface area contributed by atoms with Crippen molar-refractivity contribution in [2.45, 2.75) is 47.1 Å². The molecule has 6 heteroatoms. The first-order valence-electron chi connectivity index (χ1n) is 10.8. The summed E-state index contributed by atoms with van der Waals surface area (Å²) in [5, 5.41) is 0. The van der Waals surface area contributed by atoms with Gasteiger partial charge in [-0.3, -0.25) is 9.78 Å². The SMILES string of the molecule is Cc1cc2nc3c(=O)[nH]c(=O)nc-3n(CC(Cc3ccccc3)CC(C)C)c2cc1C. The molecule has 1 atom stereocenters. The summed E-state index contributed by atoms with van der Waals surface area (Å²) in [6, 6.07) is 14.5. The number of fused-ring (bicyclic) bond motifs is 2. The second kappa shape index (κ2) is 8.46. The Kier molecular flexibility index (Phi) is 5.72. The summed E-state index contributed by atoms with van der Waals surface area (Å²) >= 11 is 0. The van der Waals surface area contributed by atoms with Gasteiger partial charge in [0.25, 0.3) is 5.56 Å². The number of benzene rings is 2. The van der Waals surface area contributed by atoms with Crippen molar-refractivity contribution in [1.29, 1.82) is 0 Å². The minimum Gasteiger partial charge on any atom is -0.322 e. The number of aromatic nitrogens is 4. The smallest absolute Gasteiger partial charge is 0.322 e. The van der Waals surface area contributed by atoms with E-state index in [9.17, 15) is 9.59 Å². The van der Waals surface area contributed by atoms with E-state index in [0.29, 0.717) is 24.2 Å². The highest BCUT2D eigenvalue weighted by Crippen LogP contribution is 2.27. The third-order valence-corrected chi connectivity index (χ3v) is 5.84. The second-order valence-electron chi connectivity index (χ2n) is 8.88. The van der Waals surface area contributed by atoms with Gasteiger partial charge < -0.3 is 4.57 Å². The fourth-order valence-corrected chi connectivity index (χ4v) is 4.33. The van der Waals surface area contributed by atoms with Crippen LogP contribution in [0.2, 0.25) is 0 Å². The average Bonchev–Trinajstić information content (AvgIpc) is 2.70. The van der Waals surface area contributed by atoms with Crippen molar-refractivity contribution in [2.75, 3.05) is 0 Å². The lowest BCUT2D eigenvalue weighted by Crippen LogP contribution is -2.30. The summed E-state index contributed by atoms with van der Waals surface area (Å²) in [6.45, 7) is 9.19. The maximum atomic E-state index is 12.5. The number of nitrogens with zero attached hydrogens (tertiary/aromatic N) is 3. The van der Waals surface area contributed by atoms with Gasteiger partial charge in [-0.15, -0.1) is 0 Å². The molecule has 0 aromatic heterocycles. The highest BCUT2D eigenvalue weighted by molar-refractivity contribution is 5.81. The molecule has 31 heavy (non-hydrogen) atoms. The summed E-state index contributed by atoms with van der Waals surface area (Å²) in [7, 11) is 0. The lowest BCUT2D eigenvalue weighted by molar-refractivity contribution is 0.363. The van der Waals surface area contributed by atoms with E-state index in [-0.39, 0.29) is 5.69 Å². The lowest BCUT2D eigenvalue weighted by atomic mass is 9.90. The molecule has 2 aromatic rings. The zero-order valence-corrected chi connectivity index (χ0v) is 18.5. The Hall–Kier alpha value is -3.28. The van der Waals surface area contributed by atoms with Gasteiger partial charge in [0.15, 0.2) is 11.5 Å². The van der Waals surface area contributed by atoms with Crippen LogP contribution in [-0.4, -0.2) is 19.5 Å². The minimum absolute atomic E-state index is 0.207. The van der Waals surface area contributed by atoms with Crippen molar-refractivity contribution in [1.82, 2.24) is 19.5 Å². The molecule has 1 unspecified atom stereocenters. The lowest BCUT2D eigenvalue weighted by Gasteiger charge is -2.24. The van der Waals surface area contributed by atoms with Crippen molar-refractivity contribution in [3.05, 3.63) is 80.0 Å². The molecule has 1 N–H and O–H groups in total. The van der Waals surface area contributed by atoms with Crippen LogP contribution in [-0.2, 0) is 13.0 Å². The quantitative estimate of drug-likeness (QED) is 0.480. The van der Waals surface area contributed by atoms with E-state index in [1.807, 2.05) is 23.6 Å². The Balaban J connectivity index is 1.90. The summed E-state index contributed by atoms with van der Waals surface area (Å²) in [5.74, 6) is 1.19. The molecule has 160 valence electrons. The van der Waals surface area contributed by atoms with Crippen LogP contribution in [0, 0.1) is 25.7 Å². The molecule has 0 bridgehead atoms. The van der Waals surface area contributed by atoms with Crippen molar-refractivity contribution in [3.8, 4) is 11.5 Å². The number of nitrogens with one attached hydrogen (secondary N) is 1. The topological polar surface area (TPSA) is 80.6 Å². The minimum atomic E-state index is -0.639. The molecular formula is C25H28N4O2. The number of hydrogen-bond acceptors (Lipinski definition) is 4. The van der Waals surface area contributed by atoms with Crippen molar-refractivity contribution >= 4 is 11.0 Å². The monoisotopic (exact) mass is 416 g/mol. The molecule has 0 saturated carbocycles. The third kappa shape index (κ3) is 4.43. The summed E-state index contributed by atoms with van der Waals surface area (Å²) in [4.78, 5) is 35.6. The fraction of sp³-hybridized carbons (Fsp3) is 0.360. The van der Waals surface area contributed by atoms with Gasteiger partial charge in [0, 0.05) is 6.54 Å². The van der Waals surface area contributed by atoms with Crippen molar-refractivity contribution < 1.29 is 0 Å². The van der Waals surface area contributed by atoms with E-state index < -0.39 is 11.2 Å².